The molecule has 3 amide bonds. The second-order valence-corrected chi connectivity index (χ2v) is 8.62. The summed E-state index contributed by atoms with van der Waals surface area (Å²) in [5.74, 6) is -5.44. The minimum atomic E-state index is -1.69. The summed E-state index contributed by atoms with van der Waals surface area (Å²) in [7, 11) is 0. The van der Waals surface area contributed by atoms with Crippen molar-refractivity contribution in [2.75, 3.05) is 13.1 Å². The number of amides is 3. The van der Waals surface area contributed by atoms with Crippen LogP contribution in [0.25, 0.3) is 0 Å². The summed E-state index contributed by atoms with van der Waals surface area (Å²) in [6.45, 7) is 4.00. The molecule has 0 heterocycles. The largest absolute Gasteiger partial charge is 0.481 e. The van der Waals surface area contributed by atoms with Crippen molar-refractivity contribution >= 4 is 35.6 Å². The number of unbranched alkanes of at least 4 members (excludes halogenated alkanes) is 1. The highest BCUT2D eigenvalue weighted by atomic mass is 16.4. The van der Waals surface area contributed by atoms with Crippen LogP contribution in [-0.2, 0) is 24.0 Å². The molecule has 0 saturated heterocycles. The van der Waals surface area contributed by atoms with Gasteiger partial charge in [0.15, 0.2) is 5.96 Å². The zero-order valence-electron chi connectivity index (χ0n) is 20.7. The van der Waals surface area contributed by atoms with Crippen LogP contribution in [0.2, 0.25) is 0 Å². The van der Waals surface area contributed by atoms with Gasteiger partial charge in [0.1, 0.15) is 18.1 Å². The average Bonchev–Trinajstić information content (AvgIpc) is 2.78. The number of carbonyl (C=O) groups excluding carboxylic acids is 3. The maximum Gasteiger partial charge on any atom is 0.326 e. The number of carboxylic acids is 2. The molecule has 0 saturated carbocycles. The van der Waals surface area contributed by atoms with Crippen LogP contribution in [0.1, 0.15) is 52.4 Å². The Kier molecular flexibility index (Phi) is 15.4. The Hall–Kier alpha value is -3.46. The number of aliphatic imine (C=N–C) groups is 1. The van der Waals surface area contributed by atoms with Gasteiger partial charge in [-0.05, 0) is 44.6 Å². The highest BCUT2D eigenvalue weighted by Gasteiger charge is 2.31. The van der Waals surface area contributed by atoms with Gasteiger partial charge in [-0.15, -0.1) is 0 Å². The number of aliphatic carboxylic acids is 2. The third kappa shape index (κ3) is 13.4. The number of nitrogens with two attached hydrogens (primary N) is 4. The van der Waals surface area contributed by atoms with Gasteiger partial charge in [-0.3, -0.25) is 24.2 Å². The number of nitrogens with one attached hydrogen (secondary N) is 3. The Labute approximate surface area is 209 Å². The van der Waals surface area contributed by atoms with Crippen molar-refractivity contribution in [1.29, 1.82) is 0 Å². The lowest BCUT2D eigenvalue weighted by atomic mass is 10.0. The van der Waals surface area contributed by atoms with Crippen LogP contribution < -0.4 is 38.9 Å². The Bertz CT molecular complexity index is 786. The van der Waals surface area contributed by atoms with Crippen LogP contribution in [0.15, 0.2) is 4.99 Å². The fourth-order valence-corrected chi connectivity index (χ4v) is 3.02. The minimum Gasteiger partial charge on any atom is -0.481 e. The summed E-state index contributed by atoms with van der Waals surface area (Å²) >= 11 is 0. The first-order valence-corrected chi connectivity index (χ1v) is 11.7. The van der Waals surface area contributed by atoms with Gasteiger partial charge in [0.2, 0.25) is 17.7 Å². The molecule has 0 aliphatic rings. The van der Waals surface area contributed by atoms with Crippen molar-refractivity contribution in [2.45, 2.75) is 76.5 Å². The van der Waals surface area contributed by atoms with Crippen LogP contribution in [0.4, 0.5) is 0 Å². The Morgan fingerprint density at radius 3 is 1.75 bits per heavy atom. The van der Waals surface area contributed by atoms with Crippen LogP contribution in [0, 0.1) is 5.92 Å². The van der Waals surface area contributed by atoms with E-state index in [-0.39, 0.29) is 31.3 Å². The maximum atomic E-state index is 13.1. The van der Waals surface area contributed by atoms with Gasteiger partial charge in [0.05, 0.1) is 12.5 Å². The first kappa shape index (κ1) is 32.5. The van der Waals surface area contributed by atoms with E-state index in [4.69, 9.17) is 28.0 Å². The molecule has 0 fully saturated rings. The molecule has 13 N–H and O–H groups in total. The van der Waals surface area contributed by atoms with E-state index in [2.05, 4.69) is 20.9 Å². The fourth-order valence-electron chi connectivity index (χ4n) is 3.02. The molecule has 4 unspecified atom stereocenters. The zero-order chi connectivity index (χ0) is 27.8. The quantitative estimate of drug-likeness (QED) is 0.0508. The van der Waals surface area contributed by atoms with Crippen molar-refractivity contribution in [3.8, 4) is 0 Å². The van der Waals surface area contributed by atoms with E-state index in [0.29, 0.717) is 25.8 Å². The molecule has 0 aliphatic carbocycles. The molecular weight excluding hydrogens is 476 g/mol. The lowest BCUT2D eigenvalue weighted by Gasteiger charge is -2.25. The molecule has 15 nitrogen and oxygen atoms in total. The third-order valence-electron chi connectivity index (χ3n) is 5.17. The second-order valence-electron chi connectivity index (χ2n) is 8.62. The number of nitrogens with zero attached hydrogens (tertiary/aromatic N) is 1. The van der Waals surface area contributed by atoms with E-state index < -0.39 is 60.2 Å². The summed E-state index contributed by atoms with van der Waals surface area (Å²) in [6.07, 6.45) is 0.643. The van der Waals surface area contributed by atoms with Crippen molar-refractivity contribution in [3.05, 3.63) is 0 Å². The average molecular weight is 517 g/mol. The molecule has 0 rings (SSSR count). The fraction of sp³-hybridized carbons (Fsp3) is 0.714. The summed E-state index contributed by atoms with van der Waals surface area (Å²) < 4.78 is 0. The highest BCUT2D eigenvalue weighted by molar-refractivity contribution is 5.94. The Morgan fingerprint density at radius 1 is 0.806 bits per heavy atom. The zero-order valence-corrected chi connectivity index (χ0v) is 20.7. The molecule has 4 atom stereocenters. The molecular formula is C21H40N8O7. The van der Waals surface area contributed by atoms with Gasteiger partial charge >= 0.3 is 11.9 Å². The van der Waals surface area contributed by atoms with Crippen LogP contribution in [-0.4, -0.2) is 83.1 Å². The van der Waals surface area contributed by atoms with Gasteiger partial charge in [-0.2, -0.15) is 0 Å². The van der Waals surface area contributed by atoms with Gasteiger partial charge in [0, 0.05) is 6.54 Å². The first-order valence-electron chi connectivity index (χ1n) is 11.7. The van der Waals surface area contributed by atoms with E-state index in [0.717, 1.165) is 0 Å². The third-order valence-corrected chi connectivity index (χ3v) is 5.17. The molecule has 15 heteroatoms. The predicted molar refractivity (Wildman–Crippen MR) is 131 cm³/mol. The van der Waals surface area contributed by atoms with Gasteiger partial charge in [-0.1, -0.05) is 13.8 Å². The molecule has 0 aliphatic heterocycles. The predicted octanol–water partition coefficient (Wildman–Crippen LogP) is -2.83. The molecule has 36 heavy (non-hydrogen) atoms. The van der Waals surface area contributed by atoms with Crippen LogP contribution >= 0.6 is 0 Å². The van der Waals surface area contributed by atoms with E-state index in [9.17, 15) is 29.1 Å². The summed E-state index contributed by atoms with van der Waals surface area (Å²) in [6, 6.07) is -4.86. The minimum absolute atomic E-state index is 0.106. The van der Waals surface area contributed by atoms with Crippen molar-refractivity contribution < 1.29 is 34.2 Å². The standard InChI is InChI=1S/C21H40N8O7/c1-11(2)16(23)19(34)28-13(7-5-9-26-21(24)25)17(32)27-12(6-3-4-8-22)18(33)29-14(20(35)36)10-15(30)31/h11-14,16H,3-10,22-23H2,1-2H3,(H,27,32)(H,28,34)(H,29,33)(H,30,31)(H,35,36)(H4,24,25,26). The SMILES string of the molecule is CC(C)C(N)C(=O)NC(CCCN=C(N)N)C(=O)NC(CCCCN)C(=O)NC(CC(=O)O)C(=O)O. The van der Waals surface area contributed by atoms with E-state index in [1.807, 2.05) is 0 Å². The lowest BCUT2D eigenvalue weighted by molar-refractivity contribution is -0.147. The monoisotopic (exact) mass is 516 g/mol. The number of carbonyl (C=O) groups is 5. The molecule has 0 radical (unpaired) electrons. The molecule has 0 aromatic carbocycles. The molecule has 0 bridgehead atoms. The summed E-state index contributed by atoms with van der Waals surface area (Å²) in [5.41, 5.74) is 22.0. The number of hydrogen-bond donors (Lipinski definition) is 9. The van der Waals surface area contributed by atoms with Gasteiger partial charge in [-0.25, -0.2) is 4.79 Å². The Balaban J connectivity index is 5.64. The van der Waals surface area contributed by atoms with E-state index in [1.54, 1.807) is 13.8 Å². The normalized spacial score (nSPS) is 14.1. The number of guanidine groups is 1. The van der Waals surface area contributed by atoms with Crippen molar-refractivity contribution in [1.82, 2.24) is 16.0 Å². The molecule has 0 spiro atoms. The highest BCUT2D eigenvalue weighted by Crippen LogP contribution is 2.07. The van der Waals surface area contributed by atoms with Crippen LogP contribution in [0.5, 0.6) is 0 Å². The van der Waals surface area contributed by atoms with Gasteiger partial charge < -0.3 is 49.1 Å². The van der Waals surface area contributed by atoms with Crippen molar-refractivity contribution in [2.24, 2.45) is 33.8 Å². The number of hydrogen-bond acceptors (Lipinski definition) is 8. The summed E-state index contributed by atoms with van der Waals surface area (Å²) in [4.78, 5) is 64.5. The Morgan fingerprint density at radius 2 is 1.31 bits per heavy atom. The number of carboxylic acid groups (broad SMARTS) is 2. The molecule has 0 aromatic heterocycles. The van der Waals surface area contributed by atoms with E-state index in [1.165, 1.54) is 0 Å². The van der Waals surface area contributed by atoms with Crippen LogP contribution in [0.3, 0.4) is 0 Å². The van der Waals surface area contributed by atoms with E-state index >= 15 is 0 Å². The maximum absolute atomic E-state index is 13.1. The summed E-state index contributed by atoms with van der Waals surface area (Å²) in [5, 5.41) is 25.4. The smallest absolute Gasteiger partial charge is 0.326 e. The van der Waals surface area contributed by atoms with Crippen molar-refractivity contribution in [3.63, 3.8) is 0 Å². The lowest BCUT2D eigenvalue weighted by Crippen LogP contribution is -2.57. The molecule has 206 valence electrons. The molecule has 0 aromatic rings. The first-order chi connectivity index (χ1) is 16.8. The number of rotatable bonds is 18. The topological polar surface area (TPSA) is 278 Å². The second kappa shape index (κ2) is 17.0. The van der Waals surface area contributed by atoms with Gasteiger partial charge in [0.25, 0.3) is 0 Å².